The summed E-state index contributed by atoms with van der Waals surface area (Å²) in [7, 11) is 1.60. The first kappa shape index (κ1) is 20.9. The highest BCUT2D eigenvalue weighted by Gasteiger charge is 2.19. The number of benzene rings is 2. The molecule has 0 saturated carbocycles. The van der Waals surface area contributed by atoms with Crippen molar-refractivity contribution in [2.75, 3.05) is 13.4 Å². The Morgan fingerprint density at radius 2 is 1.72 bits per heavy atom. The van der Waals surface area contributed by atoms with Crippen LogP contribution in [0.1, 0.15) is 41.2 Å². The van der Waals surface area contributed by atoms with Gasteiger partial charge in [0, 0.05) is 5.56 Å². The molecule has 3 rings (SSSR count). The number of thioether (sulfide) groups is 1. The van der Waals surface area contributed by atoms with Gasteiger partial charge in [-0.1, -0.05) is 43.8 Å². The smallest absolute Gasteiger partial charge is 0.251 e. The molecule has 1 amide bonds. The molecule has 29 heavy (non-hydrogen) atoms. The van der Waals surface area contributed by atoms with Gasteiger partial charge in [-0.2, -0.15) is 0 Å². The van der Waals surface area contributed by atoms with Gasteiger partial charge >= 0.3 is 0 Å². The highest BCUT2D eigenvalue weighted by Crippen LogP contribution is 2.27. The van der Waals surface area contributed by atoms with E-state index in [4.69, 9.17) is 4.74 Å². The van der Waals surface area contributed by atoms with E-state index in [9.17, 15) is 4.79 Å². The summed E-state index contributed by atoms with van der Waals surface area (Å²) in [4.78, 5) is 12.6. The van der Waals surface area contributed by atoms with E-state index in [1.807, 2.05) is 6.26 Å². The minimum absolute atomic E-state index is 0.160. The molecule has 0 bridgehead atoms. The van der Waals surface area contributed by atoms with Crippen LogP contribution in [0.25, 0.3) is 5.69 Å². The molecule has 2 aromatic carbocycles. The van der Waals surface area contributed by atoms with Crippen LogP contribution in [-0.2, 0) is 19.4 Å². The van der Waals surface area contributed by atoms with Crippen molar-refractivity contribution in [2.45, 2.75) is 38.4 Å². The maximum Gasteiger partial charge on any atom is 0.251 e. The minimum atomic E-state index is -0.160. The van der Waals surface area contributed by atoms with E-state index < -0.39 is 0 Å². The van der Waals surface area contributed by atoms with E-state index in [0.717, 1.165) is 23.7 Å². The zero-order chi connectivity index (χ0) is 20.8. The molecule has 6 nitrogen and oxygen atoms in total. The van der Waals surface area contributed by atoms with Crippen LogP contribution in [0.3, 0.4) is 0 Å². The molecule has 1 aromatic heterocycles. The van der Waals surface area contributed by atoms with Crippen LogP contribution < -0.4 is 10.1 Å². The van der Waals surface area contributed by atoms with E-state index >= 15 is 0 Å². The van der Waals surface area contributed by atoms with Crippen molar-refractivity contribution in [3.8, 4) is 11.4 Å². The predicted octanol–water partition coefficient (Wildman–Crippen LogP) is 4.05. The molecule has 152 valence electrons. The van der Waals surface area contributed by atoms with Crippen molar-refractivity contribution in [1.82, 2.24) is 20.1 Å². The predicted molar refractivity (Wildman–Crippen MR) is 116 cm³/mol. The monoisotopic (exact) mass is 410 g/mol. The topological polar surface area (TPSA) is 69.0 Å². The third-order valence-electron chi connectivity index (χ3n) is 4.83. The summed E-state index contributed by atoms with van der Waals surface area (Å²) in [5, 5.41) is 12.5. The van der Waals surface area contributed by atoms with Gasteiger partial charge in [0.05, 0.1) is 19.3 Å². The lowest BCUT2D eigenvalue weighted by molar-refractivity contribution is 0.0949. The van der Waals surface area contributed by atoms with Crippen LogP contribution in [0.4, 0.5) is 0 Å². The summed E-state index contributed by atoms with van der Waals surface area (Å²) in [5.41, 5.74) is 4.18. The number of para-hydroxylation sites is 1. The molecule has 0 aliphatic rings. The number of carbonyl (C=O) groups excluding carboxylic acids is 1. The fourth-order valence-corrected chi connectivity index (χ4v) is 3.78. The summed E-state index contributed by atoms with van der Waals surface area (Å²) < 4.78 is 7.23. The van der Waals surface area contributed by atoms with Crippen LogP contribution in [-0.4, -0.2) is 34.0 Å². The molecule has 7 heteroatoms. The number of methoxy groups -OCH3 is 1. The van der Waals surface area contributed by atoms with E-state index in [-0.39, 0.29) is 5.91 Å². The molecule has 1 heterocycles. The Morgan fingerprint density at radius 1 is 1.07 bits per heavy atom. The van der Waals surface area contributed by atoms with E-state index in [1.54, 1.807) is 43.1 Å². The van der Waals surface area contributed by atoms with Gasteiger partial charge in [-0.05, 0) is 54.5 Å². The van der Waals surface area contributed by atoms with Crippen LogP contribution in [0.5, 0.6) is 5.75 Å². The molecule has 0 saturated heterocycles. The fourth-order valence-electron chi connectivity index (χ4n) is 3.28. The van der Waals surface area contributed by atoms with E-state index in [0.29, 0.717) is 23.7 Å². The zero-order valence-electron chi connectivity index (χ0n) is 17.2. The first-order chi connectivity index (χ1) is 14.1. The number of amides is 1. The number of aryl methyl sites for hydroxylation is 2. The van der Waals surface area contributed by atoms with E-state index in [1.165, 1.54) is 11.1 Å². The van der Waals surface area contributed by atoms with Gasteiger partial charge in [0.1, 0.15) is 5.75 Å². The van der Waals surface area contributed by atoms with E-state index in [2.05, 4.69) is 52.1 Å². The van der Waals surface area contributed by atoms with Gasteiger partial charge in [0.25, 0.3) is 5.91 Å². The van der Waals surface area contributed by atoms with Crippen LogP contribution >= 0.6 is 11.8 Å². The highest BCUT2D eigenvalue weighted by atomic mass is 32.2. The summed E-state index contributed by atoms with van der Waals surface area (Å²) in [5.74, 6) is 1.27. The second kappa shape index (κ2) is 9.60. The highest BCUT2D eigenvalue weighted by molar-refractivity contribution is 7.98. The average Bonchev–Trinajstić information content (AvgIpc) is 3.19. The SMILES string of the molecule is CCc1cccc(CC)c1-n1c(CNC(=O)c2ccc(OC)cc2)nnc1SC. The zero-order valence-corrected chi connectivity index (χ0v) is 18.0. The fraction of sp³-hybridized carbons (Fsp3) is 0.318. The van der Waals surface area contributed by atoms with Crippen molar-refractivity contribution in [3.63, 3.8) is 0 Å². The molecular weight excluding hydrogens is 384 g/mol. The number of carbonyl (C=O) groups is 1. The molecule has 1 N–H and O–H groups in total. The maximum absolute atomic E-state index is 12.6. The number of ether oxygens (including phenoxy) is 1. The van der Waals surface area contributed by atoms with Crippen LogP contribution in [0.15, 0.2) is 47.6 Å². The Kier molecular flexibility index (Phi) is 6.93. The van der Waals surface area contributed by atoms with Crippen molar-refractivity contribution in [3.05, 3.63) is 65.0 Å². The average molecular weight is 411 g/mol. The summed E-state index contributed by atoms with van der Waals surface area (Å²) in [6, 6.07) is 13.4. The standard InChI is InChI=1S/C22H26N4O2S/c1-5-15-8-7-9-16(6-2)20(15)26-19(24-25-22(26)29-4)14-23-21(27)17-10-12-18(28-3)13-11-17/h7-13H,5-6,14H2,1-4H3,(H,23,27). The Morgan fingerprint density at radius 3 is 2.28 bits per heavy atom. The number of hydrogen-bond acceptors (Lipinski definition) is 5. The van der Waals surface area contributed by atoms with Gasteiger partial charge in [0.15, 0.2) is 11.0 Å². The number of nitrogens with zero attached hydrogens (tertiary/aromatic N) is 3. The molecule has 3 aromatic rings. The molecule has 0 radical (unpaired) electrons. The lowest BCUT2D eigenvalue weighted by atomic mass is 10.0. The maximum atomic E-state index is 12.6. The Hall–Kier alpha value is -2.80. The molecule has 0 aliphatic carbocycles. The number of rotatable bonds is 8. The van der Waals surface area contributed by atoms with Crippen LogP contribution in [0.2, 0.25) is 0 Å². The van der Waals surface area contributed by atoms with Gasteiger partial charge in [-0.25, -0.2) is 0 Å². The van der Waals surface area contributed by atoms with Gasteiger partial charge in [-0.15, -0.1) is 10.2 Å². The van der Waals surface area contributed by atoms with Crippen molar-refractivity contribution in [2.24, 2.45) is 0 Å². The Balaban J connectivity index is 1.91. The summed E-state index contributed by atoms with van der Waals surface area (Å²) in [6.07, 6.45) is 3.81. The Labute approximate surface area is 175 Å². The lowest BCUT2D eigenvalue weighted by Crippen LogP contribution is -2.25. The first-order valence-electron chi connectivity index (χ1n) is 9.64. The second-order valence-electron chi connectivity index (χ2n) is 6.48. The summed E-state index contributed by atoms with van der Waals surface area (Å²) >= 11 is 1.55. The molecule has 0 fully saturated rings. The summed E-state index contributed by atoms with van der Waals surface area (Å²) in [6.45, 7) is 4.58. The second-order valence-corrected chi connectivity index (χ2v) is 7.25. The third kappa shape index (κ3) is 4.45. The lowest BCUT2D eigenvalue weighted by Gasteiger charge is -2.17. The number of nitrogens with one attached hydrogen (secondary N) is 1. The molecule has 0 aliphatic heterocycles. The van der Waals surface area contributed by atoms with Crippen molar-refractivity contribution in [1.29, 1.82) is 0 Å². The van der Waals surface area contributed by atoms with Crippen molar-refractivity contribution >= 4 is 17.7 Å². The first-order valence-corrected chi connectivity index (χ1v) is 10.9. The molecule has 0 unspecified atom stereocenters. The third-order valence-corrected chi connectivity index (χ3v) is 5.46. The number of hydrogen-bond donors (Lipinski definition) is 1. The van der Waals surface area contributed by atoms with Gasteiger partial charge in [-0.3, -0.25) is 9.36 Å². The van der Waals surface area contributed by atoms with Crippen LogP contribution in [0, 0.1) is 0 Å². The normalized spacial score (nSPS) is 10.8. The molecule has 0 spiro atoms. The van der Waals surface area contributed by atoms with Gasteiger partial charge < -0.3 is 10.1 Å². The molecular formula is C22H26N4O2S. The quantitative estimate of drug-likeness (QED) is 0.567. The van der Waals surface area contributed by atoms with Gasteiger partial charge in [0.2, 0.25) is 0 Å². The van der Waals surface area contributed by atoms with Crippen molar-refractivity contribution < 1.29 is 9.53 Å². The largest absolute Gasteiger partial charge is 0.497 e. The minimum Gasteiger partial charge on any atom is -0.497 e. The molecule has 0 atom stereocenters. The Bertz CT molecular complexity index is 961. The number of aromatic nitrogens is 3.